The number of aliphatic carboxylic acids is 1. The molecule has 158 valence electrons. The normalized spacial score (nSPS) is 24.9. The van der Waals surface area contributed by atoms with Gasteiger partial charge in [0.2, 0.25) is 11.9 Å². The fourth-order valence-electron chi connectivity index (χ4n) is 3.59. The van der Waals surface area contributed by atoms with E-state index in [4.69, 9.17) is 14.6 Å². The molecule has 0 bridgehead atoms. The third-order valence-electron chi connectivity index (χ3n) is 4.90. The van der Waals surface area contributed by atoms with E-state index in [1.54, 1.807) is 6.20 Å². The van der Waals surface area contributed by atoms with Crippen LogP contribution >= 0.6 is 11.8 Å². The zero-order valence-corrected chi connectivity index (χ0v) is 16.9. The highest BCUT2D eigenvalue weighted by molar-refractivity contribution is 8.00. The quantitative estimate of drug-likeness (QED) is 0.563. The summed E-state index contributed by atoms with van der Waals surface area (Å²) >= 11 is 1.06. The minimum atomic E-state index is -0.941. The lowest BCUT2D eigenvalue weighted by Gasteiger charge is -2.18. The number of hydrogen-bond donors (Lipinski definition) is 3. The van der Waals surface area contributed by atoms with E-state index in [2.05, 4.69) is 20.6 Å². The maximum Gasteiger partial charge on any atom is 0.313 e. The van der Waals surface area contributed by atoms with E-state index in [1.165, 1.54) is 0 Å². The minimum absolute atomic E-state index is 0.0853. The van der Waals surface area contributed by atoms with Crippen LogP contribution in [-0.2, 0) is 19.1 Å². The van der Waals surface area contributed by atoms with Crippen LogP contribution in [0.4, 0.5) is 5.95 Å². The lowest BCUT2D eigenvalue weighted by atomic mass is 10.1. The highest BCUT2D eigenvalue weighted by atomic mass is 32.2. The standard InChI is InChI=1S/C20H22N4O5S/c25-16(10-30-11-17(26)27)22-14-8-28-19-15(9-29-18(14)19)24-20-21-7-6-13(23-20)12-4-2-1-3-5-12/h1-7,14-15,18-19H,8-11H2,(H,22,25)(H,26,27)(H,21,23,24)/t14-,15+,18-,19+/m0/s1. The van der Waals surface area contributed by atoms with Gasteiger partial charge in [-0.2, -0.15) is 0 Å². The molecule has 4 rings (SSSR count). The molecule has 9 nitrogen and oxygen atoms in total. The molecule has 4 atom stereocenters. The molecule has 3 heterocycles. The van der Waals surface area contributed by atoms with E-state index < -0.39 is 5.97 Å². The molecule has 2 aromatic rings. The Balaban J connectivity index is 1.33. The number of fused-ring (bicyclic) bond motifs is 1. The van der Waals surface area contributed by atoms with E-state index in [9.17, 15) is 9.59 Å². The lowest BCUT2D eigenvalue weighted by molar-refractivity contribution is -0.133. The first-order valence-corrected chi connectivity index (χ1v) is 10.7. The van der Waals surface area contributed by atoms with Crippen molar-refractivity contribution >= 4 is 29.6 Å². The van der Waals surface area contributed by atoms with Crippen LogP contribution in [0.15, 0.2) is 42.6 Å². The second kappa shape index (κ2) is 9.41. The molecule has 3 N–H and O–H groups in total. The second-order valence-electron chi connectivity index (χ2n) is 7.04. The maximum atomic E-state index is 12.0. The Labute approximate surface area is 177 Å². The Bertz CT molecular complexity index is 900. The number of carboxylic acids is 1. The van der Waals surface area contributed by atoms with Gasteiger partial charge in [-0.25, -0.2) is 9.97 Å². The van der Waals surface area contributed by atoms with Crippen LogP contribution in [0, 0.1) is 0 Å². The number of carboxylic acid groups (broad SMARTS) is 1. The summed E-state index contributed by atoms with van der Waals surface area (Å²) in [6.45, 7) is 0.752. The maximum absolute atomic E-state index is 12.0. The smallest absolute Gasteiger partial charge is 0.313 e. The molecule has 1 aromatic carbocycles. The topological polar surface area (TPSA) is 123 Å². The van der Waals surface area contributed by atoms with Gasteiger partial charge in [-0.3, -0.25) is 9.59 Å². The number of ether oxygens (including phenoxy) is 2. The summed E-state index contributed by atoms with van der Waals surface area (Å²) in [6, 6.07) is 11.3. The van der Waals surface area contributed by atoms with E-state index in [0.717, 1.165) is 23.0 Å². The van der Waals surface area contributed by atoms with Crippen molar-refractivity contribution in [2.75, 3.05) is 30.0 Å². The summed E-state index contributed by atoms with van der Waals surface area (Å²) in [5, 5.41) is 14.8. The molecule has 30 heavy (non-hydrogen) atoms. The van der Waals surface area contributed by atoms with Gasteiger partial charge in [0.1, 0.15) is 12.2 Å². The van der Waals surface area contributed by atoms with Crippen LogP contribution < -0.4 is 10.6 Å². The van der Waals surface area contributed by atoms with E-state index in [0.29, 0.717) is 19.2 Å². The number of aromatic nitrogens is 2. The van der Waals surface area contributed by atoms with Gasteiger partial charge < -0.3 is 25.2 Å². The predicted octanol–water partition coefficient (Wildman–Crippen LogP) is 1.02. The molecule has 1 aromatic heterocycles. The average Bonchev–Trinajstić information content (AvgIpc) is 3.32. The predicted molar refractivity (Wildman–Crippen MR) is 111 cm³/mol. The van der Waals surface area contributed by atoms with Crippen molar-refractivity contribution in [2.45, 2.75) is 24.3 Å². The molecule has 10 heteroatoms. The zero-order valence-electron chi connectivity index (χ0n) is 16.1. The highest BCUT2D eigenvalue weighted by Gasteiger charge is 2.48. The molecule has 0 unspecified atom stereocenters. The molecular formula is C20H22N4O5S. The van der Waals surface area contributed by atoms with Gasteiger partial charge >= 0.3 is 5.97 Å². The number of amides is 1. The van der Waals surface area contributed by atoms with Gasteiger partial charge in [-0.1, -0.05) is 30.3 Å². The molecular weight excluding hydrogens is 408 g/mol. The minimum Gasteiger partial charge on any atom is -0.481 e. The lowest BCUT2D eigenvalue weighted by Crippen LogP contribution is -2.45. The van der Waals surface area contributed by atoms with Gasteiger partial charge in [0.15, 0.2) is 0 Å². The molecule has 2 fully saturated rings. The molecule has 0 radical (unpaired) electrons. The third kappa shape index (κ3) is 4.89. The Hall–Kier alpha value is -2.69. The van der Waals surface area contributed by atoms with Gasteiger partial charge in [0.05, 0.1) is 42.5 Å². The number of nitrogens with zero attached hydrogens (tertiary/aromatic N) is 2. The Morgan fingerprint density at radius 2 is 1.80 bits per heavy atom. The van der Waals surface area contributed by atoms with Crippen molar-refractivity contribution in [1.82, 2.24) is 15.3 Å². The van der Waals surface area contributed by atoms with E-state index in [-0.39, 0.29) is 41.7 Å². The number of benzene rings is 1. The van der Waals surface area contributed by atoms with Gasteiger partial charge in [0.25, 0.3) is 0 Å². The Morgan fingerprint density at radius 3 is 2.57 bits per heavy atom. The van der Waals surface area contributed by atoms with Gasteiger partial charge in [-0.05, 0) is 6.07 Å². The van der Waals surface area contributed by atoms with Crippen molar-refractivity contribution in [3.8, 4) is 11.3 Å². The zero-order chi connectivity index (χ0) is 20.9. The number of carbonyl (C=O) groups excluding carboxylic acids is 1. The first-order chi connectivity index (χ1) is 14.6. The van der Waals surface area contributed by atoms with Crippen LogP contribution in [0.5, 0.6) is 0 Å². The summed E-state index contributed by atoms with van der Waals surface area (Å²) < 4.78 is 11.7. The van der Waals surface area contributed by atoms with Gasteiger partial charge in [0, 0.05) is 11.8 Å². The van der Waals surface area contributed by atoms with Crippen molar-refractivity contribution in [3.05, 3.63) is 42.6 Å². The summed E-state index contributed by atoms with van der Waals surface area (Å²) in [6.07, 6.45) is 1.21. The summed E-state index contributed by atoms with van der Waals surface area (Å²) in [5.74, 6) is -0.697. The second-order valence-corrected chi connectivity index (χ2v) is 8.02. The Morgan fingerprint density at radius 1 is 1.07 bits per heavy atom. The average molecular weight is 430 g/mol. The van der Waals surface area contributed by atoms with Crippen LogP contribution in [0.25, 0.3) is 11.3 Å². The van der Waals surface area contributed by atoms with Crippen LogP contribution in [0.1, 0.15) is 0 Å². The summed E-state index contributed by atoms with van der Waals surface area (Å²) in [5.41, 5.74) is 1.82. The van der Waals surface area contributed by atoms with E-state index >= 15 is 0 Å². The first kappa shape index (κ1) is 20.6. The number of hydrogen-bond acceptors (Lipinski definition) is 8. The molecule has 2 saturated heterocycles. The monoisotopic (exact) mass is 430 g/mol. The number of nitrogens with one attached hydrogen (secondary N) is 2. The van der Waals surface area contributed by atoms with Crippen molar-refractivity contribution in [1.29, 1.82) is 0 Å². The highest BCUT2D eigenvalue weighted by Crippen LogP contribution is 2.29. The van der Waals surface area contributed by atoms with Crippen molar-refractivity contribution in [3.63, 3.8) is 0 Å². The summed E-state index contributed by atoms with van der Waals surface area (Å²) in [4.78, 5) is 31.5. The first-order valence-electron chi connectivity index (χ1n) is 9.57. The molecule has 0 saturated carbocycles. The molecule has 0 aliphatic carbocycles. The fraction of sp³-hybridized carbons (Fsp3) is 0.400. The number of thioether (sulfide) groups is 1. The van der Waals surface area contributed by atoms with Gasteiger partial charge in [-0.15, -0.1) is 11.8 Å². The molecule has 2 aliphatic heterocycles. The van der Waals surface area contributed by atoms with Crippen molar-refractivity contribution in [2.24, 2.45) is 0 Å². The Kier molecular flexibility index (Phi) is 6.46. The largest absolute Gasteiger partial charge is 0.481 e. The molecule has 0 spiro atoms. The van der Waals surface area contributed by atoms with Crippen LogP contribution in [-0.4, -0.2) is 76.0 Å². The van der Waals surface area contributed by atoms with Crippen LogP contribution in [0.2, 0.25) is 0 Å². The number of carbonyl (C=O) groups is 2. The fourth-order valence-corrected chi connectivity index (χ4v) is 4.14. The number of rotatable bonds is 8. The molecule has 1 amide bonds. The number of anilines is 1. The third-order valence-corrected chi connectivity index (χ3v) is 5.82. The van der Waals surface area contributed by atoms with E-state index in [1.807, 2.05) is 36.4 Å². The van der Waals surface area contributed by atoms with Crippen molar-refractivity contribution < 1.29 is 24.2 Å². The van der Waals surface area contributed by atoms with Crippen LogP contribution in [0.3, 0.4) is 0 Å². The molecule has 2 aliphatic rings. The summed E-state index contributed by atoms with van der Waals surface area (Å²) in [7, 11) is 0. The SMILES string of the molecule is O=C(O)CSCC(=O)N[C@H]1CO[C@H]2[C@H]1OC[C@H]2Nc1nccc(-c2ccccc2)n1.